The second kappa shape index (κ2) is 4.48. The molecule has 0 aromatic heterocycles. The topological polar surface area (TPSA) is 67.9 Å². The fourth-order valence-electron chi connectivity index (χ4n) is 2.22. The summed E-state index contributed by atoms with van der Waals surface area (Å²) in [6, 6.07) is -0.432. The SMILES string of the molecule is CNCC(=O)N1CC2(CC1C=O)OCCO2. The van der Waals surface area contributed by atoms with Gasteiger partial charge in [-0.15, -0.1) is 0 Å². The summed E-state index contributed by atoms with van der Waals surface area (Å²) in [5.74, 6) is -0.842. The van der Waals surface area contributed by atoms with Crippen molar-refractivity contribution in [2.45, 2.75) is 18.2 Å². The summed E-state index contributed by atoms with van der Waals surface area (Å²) in [6.45, 7) is 1.62. The molecule has 16 heavy (non-hydrogen) atoms. The Bertz CT molecular complexity index is 289. The molecule has 0 aromatic carbocycles. The zero-order valence-corrected chi connectivity index (χ0v) is 9.27. The quantitative estimate of drug-likeness (QED) is 0.611. The summed E-state index contributed by atoms with van der Waals surface area (Å²) in [7, 11) is 1.70. The first kappa shape index (κ1) is 11.5. The smallest absolute Gasteiger partial charge is 0.237 e. The van der Waals surface area contributed by atoms with E-state index in [1.165, 1.54) is 4.90 Å². The Morgan fingerprint density at radius 2 is 2.25 bits per heavy atom. The van der Waals surface area contributed by atoms with E-state index in [1.54, 1.807) is 7.05 Å². The average Bonchev–Trinajstić information content (AvgIpc) is 2.87. The predicted molar refractivity (Wildman–Crippen MR) is 54.7 cm³/mol. The number of aldehydes is 1. The number of nitrogens with one attached hydrogen (secondary N) is 1. The molecule has 6 nitrogen and oxygen atoms in total. The van der Waals surface area contributed by atoms with E-state index < -0.39 is 11.8 Å². The van der Waals surface area contributed by atoms with E-state index in [1.807, 2.05) is 0 Å². The van der Waals surface area contributed by atoms with Crippen LogP contribution in [0.15, 0.2) is 0 Å². The summed E-state index contributed by atoms with van der Waals surface area (Å²) in [5.41, 5.74) is 0. The molecule has 0 bridgehead atoms. The zero-order valence-electron chi connectivity index (χ0n) is 9.27. The molecule has 1 N–H and O–H groups in total. The van der Waals surface area contributed by atoms with Gasteiger partial charge in [-0.3, -0.25) is 4.79 Å². The molecule has 0 aliphatic carbocycles. The number of rotatable bonds is 3. The van der Waals surface area contributed by atoms with Gasteiger partial charge in [-0.2, -0.15) is 0 Å². The molecule has 1 amide bonds. The van der Waals surface area contributed by atoms with Crippen LogP contribution in [0.3, 0.4) is 0 Å². The fourth-order valence-corrected chi connectivity index (χ4v) is 2.22. The average molecular weight is 228 g/mol. The van der Waals surface area contributed by atoms with Crippen molar-refractivity contribution in [3.8, 4) is 0 Å². The van der Waals surface area contributed by atoms with Crippen LogP contribution in [0.25, 0.3) is 0 Å². The molecule has 2 fully saturated rings. The van der Waals surface area contributed by atoms with Crippen LogP contribution < -0.4 is 5.32 Å². The Morgan fingerprint density at radius 3 is 2.81 bits per heavy atom. The van der Waals surface area contributed by atoms with Crippen molar-refractivity contribution in [3.05, 3.63) is 0 Å². The van der Waals surface area contributed by atoms with Gasteiger partial charge in [0.05, 0.1) is 32.3 Å². The molecule has 2 rings (SSSR count). The van der Waals surface area contributed by atoms with Crippen LogP contribution >= 0.6 is 0 Å². The van der Waals surface area contributed by atoms with Crippen LogP contribution in [0.4, 0.5) is 0 Å². The highest BCUT2D eigenvalue weighted by molar-refractivity contribution is 5.82. The standard InChI is InChI=1S/C10H16N2O4/c1-11-5-9(14)12-7-10(4-8(12)6-13)15-2-3-16-10/h6,8,11H,2-5,7H2,1H3. The highest BCUT2D eigenvalue weighted by Gasteiger charge is 2.49. The maximum Gasteiger partial charge on any atom is 0.237 e. The lowest BCUT2D eigenvalue weighted by atomic mass is 10.2. The maximum atomic E-state index is 11.7. The first-order valence-corrected chi connectivity index (χ1v) is 5.38. The number of carbonyl (C=O) groups is 2. The maximum absolute atomic E-state index is 11.7. The molecule has 90 valence electrons. The molecule has 2 aliphatic rings. The molecule has 6 heteroatoms. The largest absolute Gasteiger partial charge is 0.346 e. The number of ether oxygens (including phenoxy) is 2. The van der Waals surface area contributed by atoms with Crippen molar-refractivity contribution >= 4 is 12.2 Å². The highest BCUT2D eigenvalue weighted by atomic mass is 16.7. The van der Waals surface area contributed by atoms with Crippen molar-refractivity contribution in [1.29, 1.82) is 0 Å². The summed E-state index contributed by atoms with van der Waals surface area (Å²) in [5, 5.41) is 2.78. The van der Waals surface area contributed by atoms with Gasteiger partial charge in [0.1, 0.15) is 6.29 Å². The third kappa shape index (κ3) is 1.95. The van der Waals surface area contributed by atoms with E-state index in [0.717, 1.165) is 6.29 Å². The third-order valence-electron chi connectivity index (χ3n) is 2.95. The van der Waals surface area contributed by atoms with E-state index in [2.05, 4.69) is 5.32 Å². The van der Waals surface area contributed by atoms with Gasteiger partial charge in [-0.1, -0.05) is 0 Å². The summed E-state index contributed by atoms with van der Waals surface area (Å²) in [6.07, 6.45) is 1.22. The van der Waals surface area contributed by atoms with Crippen LogP contribution in [0, 0.1) is 0 Å². The Labute approximate surface area is 93.9 Å². The highest BCUT2D eigenvalue weighted by Crippen LogP contribution is 2.33. The number of hydrogen-bond acceptors (Lipinski definition) is 5. The lowest BCUT2D eigenvalue weighted by Gasteiger charge is -2.22. The molecule has 1 spiro atoms. The monoisotopic (exact) mass is 228 g/mol. The van der Waals surface area contributed by atoms with Gasteiger partial charge in [-0.05, 0) is 7.05 Å². The van der Waals surface area contributed by atoms with Crippen LogP contribution in [0.1, 0.15) is 6.42 Å². The minimum absolute atomic E-state index is 0.101. The van der Waals surface area contributed by atoms with Crippen LogP contribution in [0.2, 0.25) is 0 Å². The van der Waals surface area contributed by atoms with E-state index in [9.17, 15) is 9.59 Å². The van der Waals surface area contributed by atoms with Gasteiger partial charge < -0.3 is 24.5 Å². The number of carbonyl (C=O) groups excluding carboxylic acids is 2. The molecular formula is C10H16N2O4. The van der Waals surface area contributed by atoms with Gasteiger partial charge in [0, 0.05) is 6.42 Å². The molecule has 2 heterocycles. The molecule has 1 atom stereocenters. The van der Waals surface area contributed by atoms with E-state index >= 15 is 0 Å². The first-order chi connectivity index (χ1) is 7.71. The minimum atomic E-state index is -0.741. The van der Waals surface area contributed by atoms with Crippen molar-refractivity contribution < 1.29 is 19.1 Å². The van der Waals surface area contributed by atoms with Gasteiger partial charge in [-0.25, -0.2) is 0 Å². The normalized spacial score (nSPS) is 27.6. The summed E-state index contributed by atoms with van der Waals surface area (Å²) < 4.78 is 11.0. The molecule has 2 saturated heterocycles. The Hall–Kier alpha value is -0.980. The lowest BCUT2D eigenvalue weighted by Crippen LogP contribution is -2.42. The summed E-state index contributed by atoms with van der Waals surface area (Å²) >= 11 is 0. The van der Waals surface area contributed by atoms with Crippen LogP contribution in [-0.2, 0) is 19.1 Å². The molecule has 0 saturated carbocycles. The number of amides is 1. The number of likely N-dealkylation sites (N-methyl/N-ethyl adjacent to an activating group) is 1. The van der Waals surface area contributed by atoms with Gasteiger partial charge >= 0.3 is 0 Å². The number of hydrogen-bond donors (Lipinski definition) is 1. The van der Waals surface area contributed by atoms with Crippen molar-refractivity contribution in [2.24, 2.45) is 0 Å². The van der Waals surface area contributed by atoms with Gasteiger partial charge in [0.2, 0.25) is 5.91 Å². The van der Waals surface area contributed by atoms with Gasteiger partial charge in [0.15, 0.2) is 5.79 Å². The van der Waals surface area contributed by atoms with E-state index in [4.69, 9.17) is 9.47 Å². The predicted octanol–water partition coefficient (Wildman–Crippen LogP) is -1.25. The Kier molecular flexibility index (Phi) is 3.22. The molecule has 0 aromatic rings. The Balaban J connectivity index is 2.07. The Morgan fingerprint density at radius 1 is 1.56 bits per heavy atom. The molecular weight excluding hydrogens is 212 g/mol. The zero-order chi connectivity index (χ0) is 11.6. The van der Waals surface area contributed by atoms with Crippen LogP contribution in [-0.4, -0.2) is 62.3 Å². The number of nitrogens with zero attached hydrogens (tertiary/aromatic N) is 1. The molecule has 1 unspecified atom stereocenters. The lowest BCUT2D eigenvalue weighted by molar-refractivity contribution is -0.152. The second-order valence-electron chi connectivity index (χ2n) is 4.07. The minimum Gasteiger partial charge on any atom is -0.346 e. The van der Waals surface area contributed by atoms with Crippen molar-refractivity contribution in [3.63, 3.8) is 0 Å². The summed E-state index contributed by atoms with van der Waals surface area (Å²) in [4.78, 5) is 24.2. The van der Waals surface area contributed by atoms with Crippen LogP contribution in [0.5, 0.6) is 0 Å². The second-order valence-corrected chi connectivity index (χ2v) is 4.07. The molecule has 0 radical (unpaired) electrons. The molecule has 2 aliphatic heterocycles. The van der Waals surface area contributed by atoms with E-state index in [-0.39, 0.29) is 12.5 Å². The van der Waals surface area contributed by atoms with Gasteiger partial charge in [0.25, 0.3) is 0 Å². The number of likely N-dealkylation sites (tertiary alicyclic amines) is 1. The van der Waals surface area contributed by atoms with E-state index in [0.29, 0.717) is 26.2 Å². The van der Waals surface area contributed by atoms with Crippen molar-refractivity contribution in [1.82, 2.24) is 10.2 Å². The third-order valence-corrected chi connectivity index (χ3v) is 2.95. The first-order valence-electron chi connectivity index (χ1n) is 5.38. The van der Waals surface area contributed by atoms with Crippen molar-refractivity contribution in [2.75, 3.05) is 33.4 Å². The fraction of sp³-hybridized carbons (Fsp3) is 0.800.